The molecule has 1 aromatic carbocycles. The van der Waals surface area contributed by atoms with Gasteiger partial charge in [-0.1, -0.05) is 18.2 Å². The summed E-state index contributed by atoms with van der Waals surface area (Å²) in [6.07, 6.45) is 3.20. The number of pyridine rings is 1. The van der Waals surface area contributed by atoms with Crippen molar-refractivity contribution in [3.05, 3.63) is 36.5 Å². The fourth-order valence-electron chi connectivity index (χ4n) is 2.78. The number of amides is 3. The minimum absolute atomic E-state index is 0.0944. The normalized spacial score (nSPS) is 18.2. The van der Waals surface area contributed by atoms with Crippen molar-refractivity contribution >= 4 is 28.5 Å². The Morgan fingerprint density at radius 3 is 2.95 bits per heavy atom. The van der Waals surface area contributed by atoms with E-state index in [9.17, 15) is 9.59 Å². The second kappa shape index (κ2) is 6.01. The van der Waals surface area contributed by atoms with Crippen molar-refractivity contribution in [2.24, 2.45) is 11.7 Å². The summed E-state index contributed by atoms with van der Waals surface area (Å²) in [7, 11) is 0. The monoisotopic (exact) mass is 298 g/mol. The second-order valence-corrected chi connectivity index (χ2v) is 5.53. The number of likely N-dealkylation sites (tertiary alicyclic amines) is 1. The number of anilines is 1. The minimum atomic E-state index is -0.468. The van der Waals surface area contributed by atoms with Gasteiger partial charge in [0.15, 0.2) is 0 Å². The van der Waals surface area contributed by atoms with Crippen LogP contribution in [0.2, 0.25) is 0 Å². The summed E-state index contributed by atoms with van der Waals surface area (Å²) in [5.74, 6) is -0.323. The molecule has 3 rings (SSSR count). The Labute approximate surface area is 128 Å². The number of hydrogen-bond donors (Lipinski definition) is 2. The van der Waals surface area contributed by atoms with Crippen LogP contribution in [0.3, 0.4) is 0 Å². The molecule has 3 amide bonds. The largest absolute Gasteiger partial charge is 0.351 e. The summed E-state index contributed by atoms with van der Waals surface area (Å²) in [5, 5.41) is 3.86. The molecule has 1 aliphatic rings. The van der Waals surface area contributed by atoms with E-state index < -0.39 is 6.03 Å². The molecule has 114 valence electrons. The molecule has 0 radical (unpaired) electrons. The van der Waals surface area contributed by atoms with Crippen LogP contribution in [-0.2, 0) is 4.79 Å². The van der Waals surface area contributed by atoms with E-state index in [0.717, 1.165) is 23.7 Å². The number of nitrogens with two attached hydrogens (primary N) is 1. The molecule has 6 nitrogen and oxygen atoms in total. The van der Waals surface area contributed by atoms with E-state index in [2.05, 4.69) is 10.3 Å². The fraction of sp³-hybridized carbons (Fsp3) is 0.312. The maximum atomic E-state index is 12.4. The Bertz CT molecular complexity index is 716. The lowest BCUT2D eigenvalue weighted by Crippen LogP contribution is -2.46. The summed E-state index contributed by atoms with van der Waals surface area (Å²) in [6, 6.07) is 9.16. The topological polar surface area (TPSA) is 88.3 Å². The summed E-state index contributed by atoms with van der Waals surface area (Å²) in [4.78, 5) is 29.4. The number of carbonyl (C=O) groups is 2. The maximum absolute atomic E-state index is 12.4. The second-order valence-electron chi connectivity index (χ2n) is 5.53. The number of nitrogens with zero attached hydrogens (tertiary/aromatic N) is 2. The Kier molecular flexibility index (Phi) is 3.91. The number of piperidine rings is 1. The lowest BCUT2D eigenvalue weighted by molar-refractivity contribution is -0.121. The van der Waals surface area contributed by atoms with E-state index in [-0.39, 0.29) is 11.8 Å². The van der Waals surface area contributed by atoms with E-state index in [1.807, 2.05) is 30.3 Å². The van der Waals surface area contributed by atoms with Crippen molar-refractivity contribution in [2.45, 2.75) is 12.8 Å². The molecule has 6 heteroatoms. The molecule has 22 heavy (non-hydrogen) atoms. The highest BCUT2D eigenvalue weighted by atomic mass is 16.2. The van der Waals surface area contributed by atoms with Gasteiger partial charge in [-0.25, -0.2) is 4.79 Å². The third-order valence-electron chi connectivity index (χ3n) is 3.96. The van der Waals surface area contributed by atoms with Crippen molar-refractivity contribution < 1.29 is 9.59 Å². The van der Waals surface area contributed by atoms with Crippen LogP contribution in [-0.4, -0.2) is 34.9 Å². The molecule has 1 fully saturated rings. The van der Waals surface area contributed by atoms with Crippen LogP contribution in [0.25, 0.3) is 10.9 Å². The zero-order valence-corrected chi connectivity index (χ0v) is 12.2. The van der Waals surface area contributed by atoms with Crippen molar-refractivity contribution in [3.63, 3.8) is 0 Å². The number of carbonyl (C=O) groups excluding carboxylic acids is 2. The van der Waals surface area contributed by atoms with Gasteiger partial charge >= 0.3 is 6.03 Å². The lowest BCUT2D eigenvalue weighted by atomic mass is 9.97. The first-order valence-corrected chi connectivity index (χ1v) is 7.33. The molecule has 1 atom stereocenters. The molecule has 2 heterocycles. The summed E-state index contributed by atoms with van der Waals surface area (Å²) in [6.45, 7) is 0.999. The van der Waals surface area contributed by atoms with Crippen LogP contribution >= 0.6 is 0 Å². The molecule has 0 saturated carbocycles. The molecule has 2 aromatic rings. The summed E-state index contributed by atoms with van der Waals surface area (Å²) >= 11 is 0. The van der Waals surface area contributed by atoms with E-state index >= 15 is 0 Å². The minimum Gasteiger partial charge on any atom is -0.351 e. The van der Waals surface area contributed by atoms with Crippen LogP contribution in [0.1, 0.15) is 12.8 Å². The Morgan fingerprint density at radius 1 is 1.32 bits per heavy atom. The standard InChI is InChI=1S/C16H18N4O2/c17-16(22)20-7-3-5-12(10-20)15(21)19-13-8-11-4-1-2-6-14(11)18-9-13/h1-2,4,6,8-9,12H,3,5,7,10H2,(H2,17,22)(H,19,21)/t12-/m0/s1. The number of para-hydroxylation sites is 1. The number of benzene rings is 1. The predicted molar refractivity (Wildman–Crippen MR) is 84.3 cm³/mol. The van der Waals surface area contributed by atoms with Gasteiger partial charge in [0, 0.05) is 18.5 Å². The van der Waals surface area contributed by atoms with E-state index in [1.165, 1.54) is 4.90 Å². The smallest absolute Gasteiger partial charge is 0.314 e. The molecule has 0 spiro atoms. The van der Waals surface area contributed by atoms with E-state index in [1.54, 1.807) is 6.20 Å². The molecule has 1 aromatic heterocycles. The van der Waals surface area contributed by atoms with Gasteiger partial charge in [0.05, 0.1) is 23.3 Å². The number of primary amides is 1. The van der Waals surface area contributed by atoms with Gasteiger partial charge in [0.2, 0.25) is 5.91 Å². The zero-order valence-electron chi connectivity index (χ0n) is 12.2. The first-order chi connectivity index (χ1) is 10.6. The molecular weight excluding hydrogens is 280 g/mol. The zero-order chi connectivity index (χ0) is 15.5. The molecule has 1 saturated heterocycles. The van der Waals surface area contributed by atoms with Crippen molar-refractivity contribution in [1.82, 2.24) is 9.88 Å². The van der Waals surface area contributed by atoms with Gasteiger partial charge < -0.3 is 16.0 Å². The Hall–Kier alpha value is -2.63. The molecular formula is C16H18N4O2. The molecule has 0 bridgehead atoms. The average Bonchev–Trinajstić information content (AvgIpc) is 2.55. The maximum Gasteiger partial charge on any atom is 0.314 e. The van der Waals surface area contributed by atoms with Gasteiger partial charge in [-0.2, -0.15) is 0 Å². The Balaban J connectivity index is 1.71. The predicted octanol–water partition coefficient (Wildman–Crippen LogP) is 1.96. The van der Waals surface area contributed by atoms with E-state index in [0.29, 0.717) is 18.8 Å². The number of nitrogens with one attached hydrogen (secondary N) is 1. The number of rotatable bonds is 2. The number of aromatic nitrogens is 1. The van der Waals surface area contributed by atoms with Crippen molar-refractivity contribution in [1.29, 1.82) is 0 Å². The van der Waals surface area contributed by atoms with Crippen LogP contribution in [0.4, 0.5) is 10.5 Å². The van der Waals surface area contributed by atoms with Crippen LogP contribution in [0.15, 0.2) is 36.5 Å². The van der Waals surface area contributed by atoms with Gasteiger partial charge in [0.25, 0.3) is 0 Å². The summed E-state index contributed by atoms with van der Waals surface area (Å²) in [5.41, 5.74) is 6.84. The molecule has 0 aliphatic carbocycles. The number of hydrogen-bond acceptors (Lipinski definition) is 3. The van der Waals surface area contributed by atoms with Gasteiger partial charge in [-0.05, 0) is 25.0 Å². The number of fused-ring (bicyclic) bond motifs is 1. The lowest BCUT2D eigenvalue weighted by Gasteiger charge is -2.30. The van der Waals surface area contributed by atoms with Crippen molar-refractivity contribution in [3.8, 4) is 0 Å². The SMILES string of the molecule is NC(=O)N1CCC[C@H](C(=O)Nc2cnc3ccccc3c2)C1. The number of urea groups is 1. The van der Waals surface area contributed by atoms with Crippen LogP contribution < -0.4 is 11.1 Å². The van der Waals surface area contributed by atoms with Gasteiger partial charge in [0.1, 0.15) is 0 Å². The average molecular weight is 298 g/mol. The fourth-order valence-corrected chi connectivity index (χ4v) is 2.78. The first-order valence-electron chi connectivity index (χ1n) is 7.33. The van der Waals surface area contributed by atoms with Gasteiger partial charge in [-0.15, -0.1) is 0 Å². The first kappa shape index (κ1) is 14.3. The van der Waals surface area contributed by atoms with Crippen molar-refractivity contribution in [2.75, 3.05) is 18.4 Å². The van der Waals surface area contributed by atoms with E-state index in [4.69, 9.17) is 5.73 Å². The van der Waals surface area contributed by atoms with Gasteiger partial charge in [-0.3, -0.25) is 9.78 Å². The summed E-state index contributed by atoms with van der Waals surface area (Å²) < 4.78 is 0. The molecule has 0 unspecified atom stereocenters. The Morgan fingerprint density at radius 2 is 2.14 bits per heavy atom. The third kappa shape index (κ3) is 3.00. The highest BCUT2D eigenvalue weighted by Gasteiger charge is 2.27. The third-order valence-corrected chi connectivity index (χ3v) is 3.96. The molecule has 1 aliphatic heterocycles. The molecule has 3 N–H and O–H groups in total. The van der Waals surface area contributed by atoms with Crippen LogP contribution in [0, 0.1) is 5.92 Å². The highest BCUT2D eigenvalue weighted by molar-refractivity contribution is 5.95. The highest BCUT2D eigenvalue weighted by Crippen LogP contribution is 2.20. The quantitative estimate of drug-likeness (QED) is 0.888. The van der Waals surface area contributed by atoms with Crippen LogP contribution in [0.5, 0.6) is 0 Å².